The summed E-state index contributed by atoms with van der Waals surface area (Å²) >= 11 is 3.12. The predicted octanol–water partition coefficient (Wildman–Crippen LogP) is 6.06. The molecular weight excluding hydrogens is 376 g/mol. The van der Waals surface area contributed by atoms with Crippen molar-refractivity contribution in [3.8, 4) is 11.5 Å². The van der Waals surface area contributed by atoms with Crippen LogP contribution in [0.15, 0.2) is 77.7 Å². The van der Waals surface area contributed by atoms with Crippen molar-refractivity contribution >= 4 is 44.4 Å². The molecule has 1 aromatic heterocycles. The number of fused-ring (bicyclic) bond motifs is 1. The van der Waals surface area contributed by atoms with E-state index in [2.05, 4.69) is 10.3 Å². The van der Waals surface area contributed by atoms with E-state index in [1.165, 1.54) is 11.3 Å². The Balaban J connectivity index is 1.48. The lowest BCUT2D eigenvalue weighted by atomic mass is 10.2. The summed E-state index contributed by atoms with van der Waals surface area (Å²) in [6.07, 6.45) is 2.02. The Labute approximate surface area is 165 Å². The molecule has 1 N–H and O–H groups in total. The Kier molecular flexibility index (Phi) is 5.09. The molecule has 0 aliphatic rings. The lowest BCUT2D eigenvalue weighted by Crippen LogP contribution is -2.11. The number of nitrogens with one attached hydrogen (secondary N) is 1. The zero-order valence-electron chi connectivity index (χ0n) is 14.5. The normalized spacial score (nSPS) is 10.7. The van der Waals surface area contributed by atoms with Crippen LogP contribution in [0, 0.1) is 0 Å². The molecule has 3 aromatic carbocycles. The van der Waals surface area contributed by atoms with Gasteiger partial charge in [0.25, 0.3) is 5.91 Å². The monoisotopic (exact) mass is 392 g/mol. The number of hydrogen-bond acceptors (Lipinski definition) is 5. The molecule has 0 saturated carbocycles. The van der Waals surface area contributed by atoms with E-state index in [1.807, 2.05) is 54.8 Å². The average molecular weight is 393 g/mol. The zero-order chi connectivity index (χ0) is 18.6. The molecule has 0 saturated heterocycles. The first-order chi connectivity index (χ1) is 13.2. The van der Waals surface area contributed by atoms with Gasteiger partial charge in [0.2, 0.25) is 0 Å². The van der Waals surface area contributed by atoms with Crippen LogP contribution in [-0.2, 0) is 0 Å². The third-order valence-corrected chi connectivity index (χ3v) is 5.62. The van der Waals surface area contributed by atoms with Gasteiger partial charge in [-0.05, 0) is 54.8 Å². The summed E-state index contributed by atoms with van der Waals surface area (Å²) in [4.78, 5) is 18.2. The van der Waals surface area contributed by atoms with E-state index in [0.717, 1.165) is 20.9 Å². The minimum Gasteiger partial charge on any atom is -0.457 e. The van der Waals surface area contributed by atoms with Gasteiger partial charge in [0.05, 0.1) is 10.2 Å². The number of para-hydroxylation sites is 2. The van der Waals surface area contributed by atoms with Crippen molar-refractivity contribution in [2.24, 2.45) is 0 Å². The summed E-state index contributed by atoms with van der Waals surface area (Å²) in [5, 5.41) is 3.48. The third-order valence-electron chi connectivity index (χ3n) is 3.92. The van der Waals surface area contributed by atoms with E-state index in [9.17, 15) is 4.79 Å². The first kappa shape index (κ1) is 17.6. The molecule has 0 aliphatic carbocycles. The number of carbonyl (C=O) groups is 1. The van der Waals surface area contributed by atoms with Gasteiger partial charge in [-0.25, -0.2) is 4.98 Å². The highest BCUT2D eigenvalue weighted by Gasteiger charge is 2.12. The molecule has 0 bridgehead atoms. The van der Waals surface area contributed by atoms with E-state index in [1.54, 1.807) is 36.0 Å². The van der Waals surface area contributed by atoms with Crippen LogP contribution >= 0.6 is 23.1 Å². The van der Waals surface area contributed by atoms with Crippen molar-refractivity contribution < 1.29 is 9.53 Å². The maximum absolute atomic E-state index is 12.5. The van der Waals surface area contributed by atoms with Gasteiger partial charge in [0.15, 0.2) is 5.13 Å². The second-order valence-electron chi connectivity index (χ2n) is 5.72. The Hall–Kier alpha value is -2.83. The van der Waals surface area contributed by atoms with Gasteiger partial charge >= 0.3 is 0 Å². The van der Waals surface area contributed by atoms with Crippen LogP contribution in [-0.4, -0.2) is 17.1 Å². The molecule has 6 heteroatoms. The highest BCUT2D eigenvalue weighted by atomic mass is 32.2. The molecule has 1 amide bonds. The molecule has 0 aliphatic heterocycles. The molecule has 4 aromatic rings. The van der Waals surface area contributed by atoms with Gasteiger partial charge in [-0.3, -0.25) is 10.1 Å². The lowest BCUT2D eigenvalue weighted by Gasteiger charge is -2.06. The third kappa shape index (κ3) is 3.97. The second kappa shape index (κ2) is 7.82. The van der Waals surface area contributed by atoms with Crippen molar-refractivity contribution in [3.05, 3.63) is 78.4 Å². The summed E-state index contributed by atoms with van der Waals surface area (Å²) in [6, 6.07) is 22.6. The molecule has 0 atom stereocenters. The van der Waals surface area contributed by atoms with Crippen LogP contribution in [0.4, 0.5) is 5.13 Å². The zero-order valence-corrected chi connectivity index (χ0v) is 16.1. The van der Waals surface area contributed by atoms with Gasteiger partial charge in [-0.1, -0.05) is 35.6 Å². The Morgan fingerprint density at radius 1 is 0.963 bits per heavy atom. The van der Waals surface area contributed by atoms with Crippen LogP contribution in [0.25, 0.3) is 10.2 Å². The Morgan fingerprint density at radius 2 is 1.70 bits per heavy atom. The molecular formula is C21H16N2O2S2. The van der Waals surface area contributed by atoms with E-state index in [-0.39, 0.29) is 5.91 Å². The van der Waals surface area contributed by atoms with Gasteiger partial charge < -0.3 is 4.74 Å². The molecule has 0 unspecified atom stereocenters. The minimum absolute atomic E-state index is 0.189. The number of anilines is 1. The van der Waals surface area contributed by atoms with Gasteiger partial charge in [0, 0.05) is 10.5 Å². The highest BCUT2D eigenvalue weighted by Crippen LogP contribution is 2.32. The number of benzene rings is 3. The molecule has 1 heterocycles. The van der Waals surface area contributed by atoms with E-state index in [0.29, 0.717) is 16.4 Å². The standard InChI is InChI=1S/C21H16N2O2S2/c1-26-17-8-5-9-18-19(17)22-21(27-18)23-20(24)14-10-12-16(13-11-14)25-15-6-3-2-4-7-15/h2-13H,1H3,(H,22,23,24). The summed E-state index contributed by atoms with van der Waals surface area (Å²) in [7, 11) is 0. The number of ether oxygens (including phenoxy) is 1. The smallest absolute Gasteiger partial charge is 0.257 e. The Morgan fingerprint density at radius 3 is 2.44 bits per heavy atom. The van der Waals surface area contributed by atoms with Crippen LogP contribution < -0.4 is 10.1 Å². The molecule has 4 nitrogen and oxygen atoms in total. The average Bonchev–Trinajstić information content (AvgIpc) is 3.11. The maximum Gasteiger partial charge on any atom is 0.257 e. The summed E-state index contributed by atoms with van der Waals surface area (Å²) in [5.74, 6) is 1.25. The van der Waals surface area contributed by atoms with Crippen molar-refractivity contribution in [1.29, 1.82) is 0 Å². The summed E-state index contributed by atoms with van der Waals surface area (Å²) in [6.45, 7) is 0. The van der Waals surface area contributed by atoms with E-state index < -0.39 is 0 Å². The number of carbonyl (C=O) groups excluding carboxylic acids is 1. The van der Waals surface area contributed by atoms with Crippen molar-refractivity contribution in [1.82, 2.24) is 4.98 Å². The van der Waals surface area contributed by atoms with Crippen molar-refractivity contribution in [2.45, 2.75) is 4.90 Å². The number of rotatable bonds is 5. The largest absolute Gasteiger partial charge is 0.457 e. The van der Waals surface area contributed by atoms with Crippen LogP contribution in [0.1, 0.15) is 10.4 Å². The number of thioether (sulfide) groups is 1. The lowest BCUT2D eigenvalue weighted by molar-refractivity contribution is 0.102. The fraction of sp³-hybridized carbons (Fsp3) is 0.0476. The van der Waals surface area contributed by atoms with Crippen molar-refractivity contribution in [2.75, 3.05) is 11.6 Å². The maximum atomic E-state index is 12.5. The quantitative estimate of drug-likeness (QED) is 0.419. The summed E-state index contributed by atoms with van der Waals surface area (Å²) in [5.41, 5.74) is 1.48. The number of hydrogen-bond donors (Lipinski definition) is 1. The van der Waals surface area contributed by atoms with Gasteiger partial charge in [-0.2, -0.15) is 0 Å². The van der Waals surface area contributed by atoms with E-state index >= 15 is 0 Å². The molecule has 0 radical (unpaired) electrons. The molecule has 134 valence electrons. The number of aromatic nitrogens is 1. The molecule has 0 fully saturated rings. The van der Waals surface area contributed by atoms with Crippen LogP contribution in [0.5, 0.6) is 11.5 Å². The number of amides is 1. The van der Waals surface area contributed by atoms with Gasteiger partial charge in [0.1, 0.15) is 11.5 Å². The Bertz CT molecular complexity index is 1080. The fourth-order valence-electron chi connectivity index (χ4n) is 2.61. The van der Waals surface area contributed by atoms with Crippen LogP contribution in [0.3, 0.4) is 0 Å². The molecule has 0 spiro atoms. The predicted molar refractivity (Wildman–Crippen MR) is 112 cm³/mol. The number of nitrogens with zero attached hydrogens (tertiary/aromatic N) is 1. The second-order valence-corrected chi connectivity index (χ2v) is 7.60. The first-order valence-corrected chi connectivity index (χ1v) is 10.3. The number of thiazole rings is 1. The topological polar surface area (TPSA) is 51.2 Å². The van der Waals surface area contributed by atoms with Crippen LogP contribution in [0.2, 0.25) is 0 Å². The van der Waals surface area contributed by atoms with E-state index in [4.69, 9.17) is 4.74 Å². The van der Waals surface area contributed by atoms with Gasteiger partial charge in [-0.15, -0.1) is 11.8 Å². The highest BCUT2D eigenvalue weighted by molar-refractivity contribution is 7.98. The minimum atomic E-state index is -0.189. The first-order valence-electron chi connectivity index (χ1n) is 8.31. The molecule has 4 rings (SSSR count). The summed E-state index contributed by atoms with van der Waals surface area (Å²) < 4.78 is 6.81. The fourth-order valence-corrected chi connectivity index (χ4v) is 4.13. The SMILES string of the molecule is CSc1cccc2sc(NC(=O)c3ccc(Oc4ccccc4)cc3)nc12. The van der Waals surface area contributed by atoms with Crippen molar-refractivity contribution in [3.63, 3.8) is 0 Å². The molecule has 27 heavy (non-hydrogen) atoms.